The minimum absolute atomic E-state index is 0.477. The topological polar surface area (TPSA) is 4.93 Å². The van der Waals surface area contributed by atoms with Crippen LogP contribution in [0.1, 0.15) is 22.3 Å². The first-order valence-corrected chi connectivity index (χ1v) is 24.6. The van der Waals surface area contributed by atoms with Gasteiger partial charge >= 0.3 is 0 Å². The van der Waals surface area contributed by atoms with Crippen LogP contribution in [0.2, 0.25) is 13.1 Å². The van der Waals surface area contributed by atoms with Gasteiger partial charge in [-0.05, 0) is 98.4 Å². The molecule has 2 aliphatic rings. The van der Waals surface area contributed by atoms with Gasteiger partial charge in [0.2, 0.25) is 0 Å². The number of nitrogens with zero attached hydrogens (tertiary/aromatic N) is 1. The molecule has 0 radical (unpaired) electrons. The predicted molar refractivity (Wildman–Crippen MR) is 239 cm³/mol. The molecular weight excluding hydrogens is 698 g/mol. The third kappa shape index (κ3) is 4.33. The van der Waals surface area contributed by atoms with Crippen LogP contribution in [0.4, 0.5) is 0 Å². The Morgan fingerprint density at radius 3 is 1.73 bits per heavy atom. The molecule has 0 saturated heterocycles. The number of aromatic nitrogens is 1. The zero-order chi connectivity index (χ0) is 36.9. The molecule has 0 N–H and O–H groups in total. The molecule has 3 heterocycles. The number of fused-ring (bicyclic) bond motifs is 11. The van der Waals surface area contributed by atoms with E-state index in [1.807, 2.05) is 0 Å². The van der Waals surface area contributed by atoms with Crippen molar-refractivity contribution in [2.75, 3.05) is 6.66 Å². The van der Waals surface area contributed by atoms with Crippen molar-refractivity contribution in [2.24, 2.45) is 0 Å². The van der Waals surface area contributed by atoms with Gasteiger partial charge in [-0.15, -0.1) is 0 Å². The van der Waals surface area contributed by atoms with Gasteiger partial charge in [-0.25, -0.2) is 0 Å². The predicted octanol–water partition coefficient (Wildman–Crippen LogP) is 10.2. The van der Waals surface area contributed by atoms with E-state index in [1.165, 1.54) is 87.2 Å². The number of benzene rings is 8. The first-order valence-electron chi connectivity index (χ1n) is 19.4. The molecule has 1 nitrogen and oxygen atoms in total. The Labute approximate surface area is 324 Å². The quantitative estimate of drug-likeness (QED) is 0.125. The van der Waals surface area contributed by atoms with Crippen LogP contribution < -0.4 is 26.3 Å². The van der Waals surface area contributed by atoms with Crippen molar-refractivity contribution < 1.29 is 0 Å². The average molecular weight is 739 g/mol. The summed E-state index contributed by atoms with van der Waals surface area (Å²) in [5.74, 6) is 0. The number of hydrogen-bond acceptors (Lipinski definition) is 0. The molecule has 1 unspecified atom stereocenters. The van der Waals surface area contributed by atoms with Gasteiger partial charge in [-0.3, -0.25) is 0 Å². The Hall–Kier alpha value is -5.79. The summed E-state index contributed by atoms with van der Waals surface area (Å²) < 4.78 is 2.54. The highest BCUT2D eigenvalue weighted by Gasteiger charge is 2.53. The summed E-state index contributed by atoms with van der Waals surface area (Å²) >= 11 is 0. The number of para-hydroxylation sites is 3. The molecule has 0 fully saturated rings. The molecule has 1 aromatic heterocycles. The van der Waals surface area contributed by atoms with Gasteiger partial charge in [0.25, 0.3) is 0 Å². The summed E-state index contributed by atoms with van der Waals surface area (Å²) in [6.45, 7) is 7.58. The highest BCUT2D eigenvalue weighted by molar-refractivity contribution is 7.95. The van der Waals surface area contributed by atoms with Crippen LogP contribution in [0.3, 0.4) is 0 Å². The van der Waals surface area contributed by atoms with Crippen LogP contribution in [0.5, 0.6) is 0 Å². The molecular formula is C52H41NPSi+. The van der Waals surface area contributed by atoms with Crippen molar-refractivity contribution in [3.05, 3.63) is 216 Å². The second-order valence-electron chi connectivity index (χ2n) is 16.0. The summed E-state index contributed by atoms with van der Waals surface area (Å²) in [4.78, 5) is 0. The highest BCUT2D eigenvalue weighted by Crippen LogP contribution is 2.56. The molecule has 0 amide bonds. The van der Waals surface area contributed by atoms with Crippen molar-refractivity contribution in [1.82, 2.24) is 4.57 Å². The van der Waals surface area contributed by atoms with Crippen LogP contribution in [0.25, 0.3) is 38.6 Å². The third-order valence-corrected chi connectivity index (χ3v) is 20.6. The molecule has 262 valence electrons. The van der Waals surface area contributed by atoms with E-state index in [2.05, 4.69) is 218 Å². The van der Waals surface area contributed by atoms with Crippen LogP contribution >= 0.6 is 7.26 Å². The molecule has 0 saturated carbocycles. The van der Waals surface area contributed by atoms with Gasteiger partial charge in [-0.2, -0.15) is 0 Å². The Balaban J connectivity index is 1.18. The van der Waals surface area contributed by atoms with E-state index < -0.39 is 20.8 Å². The van der Waals surface area contributed by atoms with E-state index in [4.69, 9.17) is 0 Å². The van der Waals surface area contributed by atoms with Gasteiger partial charge in [-0.1, -0.05) is 153 Å². The molecule has 2 aliphatic heterocycles. The fourth-order valence-corrected chi connectivity index (χ4v) is 16.7. The van der Waals surface area contributed by atoms with E-state index in [0.717, 1.165) is 0 Å². The van der Waals surface area contributed by atoms with Crippen molar-refractivity contribution in [2.45, 2.75) is 18.5 Å². The molecule has 55 heavy (non-hydrogen) atoms. The second kappa shape index (κ2) is 11.9. The van der Waals surface area contributed by atoms with Crippen molar-refractivity contribution in [3.8, 4) is 16.8 Å². The zero-order valence-electron chi connectivity index (χ0n) is 31.4. The lowest BCUT2D eigenvalue weighted by Gasteiger charge is -2.49. The first-order chi connectivity index (χ1) is 26.9. The lowest BCUT2D eigenvalue weighted by molar-refractivity contribution is 0.732. The summed E-state index contributed by atoms with van der Waals surface area (Å²) in [6, 6.07) is 73.9. The van der Waals surface area contributed by atoms with E-state index in [-0.39, 0.29) is 0 Å². The van der Waals surface area contributed by atoms with Crippen molar-refractivity contribution in [1.29, 1.82) is 0 Å². The van der Waals surface area contributed by atoms with Crippen molar-refractivity contribution in [3.63, 3.8) is 0 Å². The minimum Gasteiger partial charge on any atom is -0.309 e. The third-order valence-electron chi connectivity index (χ3n) is 13.0. The number of hydrogen-bond donors (Lipinski definition) is 0. The standard InChI is InChI=1S/C52H41NPSi/c1-54(38-17-6-4-7-18-38,39-19-8-5-9-20-39)40-32-29-36(30-33-40)37-31-34-50-46(35-37)52(44-24-12-15-28-49(44)55(50,2)3)43-23-11-14-27-48(43)53-47-26-13-10-21-41(47)42-22-16-25-45(52)51(42)53/h4-35H,1-3H3/q+1. The van der Waals surface area contributed by atoms with Crippen molar-refractivity contribution >= 4 is 63.4 Å². The van der Waals surface area contributed by atoms with Crippen LogP contribution in [-0.2, 0) is 5.41 Å². The summed E-state index contributed by atoms with van der Waals surface area (Å²) in [7, 11) is -3.94. The van der Waals surface area contributed by atoms with E-state index in [0.29, 0.717) is 0 Å². The Bertz CT molecular complexity index is 2920. The van der Waals surface area contributed by atoms with Gasteiger partial charge in [0.1, 0.15) is 31.2 Å². The van der Waals surface area contributed by atoms with E-state index in [1.54, 1.807) is 0 Å². The molecule has 0 bridgehead atoms. The maximum atomic E-state index is 2.58. The fourth-order valence-electron chi connectivity index (χ4n) is 10.4. The van der Waals surface area contributed by atoms with Gasteiger partial charge in [0, 0.05) is 10.8 Å². The minimum atomic E-state index is -2.10. The van der Waals surface area contributed by atoms with Crippen LogP contribution in [-0.4, -0.2) is 19.3 Å². The maximum absolute atomic E-state index is 2.58. The molecule has 1 atom stereocenters. The monoisotopic (exact) mass is 738 g/mol. The van der Waals surface area contributed by atoms with Crippen LogP contribution in [0.15, 0.2) is 194 Å². The SMILES string of the molecule is C[Si]1(C)c2ccccc2C2(c3ccccc3-n3c4ccccc4c4cccc2c43)c2cc(-c3ccc([P+](C)(c4ccccc4)c4ccccc4)cc3)ccc21. The zero-order valence-corrected chi connectivity index (χ0v) is 33.3. The second-order valence-corrected chi connectivity index (χ2v) is 23.9. The molecule has 0 aliphatic carbocycles. The van der Waals surface area contributed by atoms with Gasteiger partial charge in [0.15, 0.2) is 0 Å². The summed E-state index contributed by atoms with van der Waals surface area (Å²) in [6.07, 6.45) is 0. The Morgan fingerprint density at radius 2 is 0.982 bits per heavy atom. The number of rotatable bonds is 4. The van der Waals surface area contributed by atoms with E-state index in [9.17, 15) is 0 Å². The fraction of sp³-hybridized carbons (Fsp3) is 0.0769. The average Bonchev–Trinajstić information content (AvgIpc) is 3.59. The van der Waals surface area contributed by atoms with E-state index >= 15 is 0 Å². The maximum Gasteiger partial charge on any atom is 0.113 e. The highest BCUT2D eigenvalue weighted by atomic mass is 31.2. The molecule has 3 heteroatoms. The Kier molecular flexibility index (Phi) is 7.03. The van der Waals surface area contributed by atoms with Gasteiger partial charge < -0.3 is 4.57 Å². The van der Waals surface area contributed by atoms with Gasteiger partial charge in [0.05, 0.1) is 28.8 Å². The lowest BCUT2D eigenvalue weighted by Crippen LogP contribution is -2.63. The lowest BCUT2D eigenvalue weighted by atomic mass is 9.62. The molecule has 1 spiro atoms. The molecule has 11 rings (SSSR count). The molecule has 8 aromatic carbocycles. The smallest absolute Gasteiger partial charge is 0.113 e. The Morgan fingerprint density at radius 1 is 0.436 bits per heavy atom. The molecule has 9 aromatic rings. The summed E-state index contributed by atoms with van der Waals surface area (Å²) in [5.41, 5.74) is 11.5. The first kappa shape index (κ1) is 32.6. The normalized spacial score (nSPS) is 16.5. The largest absolute Gasteiger partial charge is 0.309 e. The van der Waals surface area contributed by atoms with Crippen LogP contribution in [0, 0.1) is 0 Å². The summed E-state index contributed by atoms with van der Waals surface area (Å²) in [5, 5.41) is 9.87.